The highest BCUT2D eigenvalue weighted by Gasteiger charge is 2.20. The first kappa shape index (κ1) is 30.3. The quantitative estimate of drug-likeness (QED) is 0.293. The molecule has 0 radical (unpaired) electrons. The number of rotatable bonds is 17. The molecule has 0 spiro atoms. The first-order chi connectivity index (χ1) is 17.2. The number of hydrogen-bond acceptors (Lipinski definition) is 6. The number of phosphoric ester groups is 1. The molecule has 9 heteroatoms. The minimum Gasteiger partial charge on any atom is -0.492 e. The van der Waals surface area contributed by atoms with Crippen LogP contribution >= 0.6 is 7.82 Å². The largest absolute Gasteiger partial charge is 0.524 e. The molecule has 0 saturated carbocycles. The summed E-state index contributed by atoms with van der Waals surface area (Å²) >= 11 is 0. The Morgan fingerprint density at radius 1 is 0.722 bits per heavy atom. The average Bonchev–Trinajstić information content (AvgIpc) is 2.87. The van der Waals surface area contributed by atoms with Crippen LogP contribution in [-0.2, 0) is 4.57 Å². The van der Waals surface area contributed by atoms with Gasteiger partial charge in [-0.05, 0) is 68.1 Å². The van der Waals surface area contributed by atoms with Crippen LogP contribution < -0.4 is 9.26 Å². The van der Waals surface area contributed by atoms with Gasteiger partial charge in [0.25, 0.3) is 0 Å². The van der Waals surface area contributed by atoms with E-state index >= 15 is 0 Å². The summed E-state index contributed by atoms with van der Waals surface area (Å²) in [4.78, 5) is 25.3. The van der Waals surface area contributed by atoms with Crippen LogP contribution in [0.15, 0.2) is 48.5 Å². The van der Waals surface area contributed by atoms with Crippen molar-refractivity contribution in [3.63, 3.8) is 0 Å². The van der Waals surface area contributed by atoms with E-state index in [0.717, 1.165) is 69.2 Å². The van der Waals surface area contributed by atoms with Gasteiger partial charge in [0, 0.05) is 19.6 Å². The van der Waals surface area contributed by atoms with Gasteiger partial charge in [0.2, 0.25) is 0 Å². The van der Waals surface area contributed by atoms with Crippen LogP contribution in [0.4, 0.5) is 0 Å². The minimum atomic E-state index is -4.56. The monoisotopic (exact) mass is 521 g/mol. The highest BCUT2D eigenvalue weighted by molar-refractivity contribution is 7.46. The molecule has 2 aromatic carbocycles. The molecular weight excluding hydrogens is 477 g/mol. The molecule has 2 aromatic rings. The summed E-state index contributed by atoms with van der Waals surface area (Å²) in [5.41, 5.74) is 1.91. The summed E-state index contributed by atoms with van der Waals surface area (Å²) in [6.45, 7) is 20.0. The van der Waals surface area contributed by atoms with Crippen molar-refractivity contribution in [1.82, 2.24) is 14.7 Å². The number of hydrogen-bond donors (Lipinski definition) is 2. The van der Waals surface area contributed by atoms with Crippen LogP contribution in [0.1, 0.15) is 34.6 Å². The Bertz CT molecular complexity index is 912. The Hall–Kier alpha value is -1.93. The summed E-state index contributed by atoms with van der Waals surface area (Å²) < 4.78 is 21.9. The van der Waals surface area contributed by atoms with Gasteiger partial charge < -0.3 is 19.1 Å². The second kappa shape index (κ2) is 15.4. The molecule has 202 valence electrons. The van der Waals surface area contributed by atoms with Gasteiger partial charge in [-0.1, -0.05) is 58.9 Å². The Kier molecular flexibility index (Phi) is 12.9. The molecule has 0 aliphatic rings. The lowest BCUT2D eigenvalue weighted by Gasteiger charge is -2.34. The van der Waals surface area contributed by atoms with E-state index in [1.54, 1.807) is 24.3 Å². The number of likely N-dealkylation sites (N-methyl/N-ethyl adjacent to an activating group) is 3. The van der Waals surface area contributed by atoms with Gasteiger partial charge in [-0.25, -0.2) is 4.57 Å². The zero-order chi connectivity index (χ0) is 26.6. The topological polar surface area (TPSA) is 85.7 Å². The van der Waals surface area contributed by atoms with Crippen LogP contribution in [0.5, 0.6) is 11.5 Å². The van der Waals surface area contributed by atoms with Gasteiger partial charge in [0.15, 0.2) is 0 Å². The molecule has 0 aliphatic heterocycles. The highest BCUT2D eigenvalue weighted by atomic mass is 31.2. The Balaban J connectivity index is 2.01. The van der Waals surface area contributed by atoms with Gasteiger partial charge >= 0.3 is 7.82 Å². The summed E-state index contributed by atoms with van der Waals surface area (Å²) in [5.74, 6) is 0.955. The van der Waals surface area contributed by atoms with E-state index in [9.17, 15) is 4.57 Å². The van der Waals surface area contributed by atoms with Crippen molar-refractivity contribution in [1.29, 1.82) is 0 Å². The van der Waals surface area contributed by atoms with Gasteiger partial charge in [-0.3, -0.25) is 14.7 Å². The lowest BCUT2D eigenvalue weighted by molar-refractivity contribution is 0.100. The fourth-order valence-corrected chi connectivity index (χ4v) is 4.69. The van der Waals surface area contributed by atoms with Crippen LogP contribution in [0.25, 0.3) is 11.1 Å². The van der Waals surface area contributed by atoms with Crippen LogP contribution in [-0.4, -0.2) is 89.5 Å². The molecule has 1 unspecified atom stereocenters. The first-order valence-corrected chi connectivity index (χ1v) is 14.5. The standard InChI is InChI=1S/C27H44N3O5P/c1-6-28(7-2)19-20-29(8-3)21-25(30(9-4)10-5)22-34-26-15-11-23(12-16-26)24-13-17-27(18-14-24)35-36(31,32)33/h11-18,25H,6-10,19-22H2,1-5H3,(H2,31,32,33). The smallest absolute Gasteiger partial charge is 0.492 e. The molecule has 2 N–H and O–H groups in total. The number of phosphoric acid groups is 1. The highest BCUT2D eigenvalue weighted by Crippen LogP contribution is 2.38. The number of ether oxygens (including phenoxy) is 1. The SMILES string of the molecule is CCN(CC)CCN(CC)CC(COc1ccc(-c2ccc(OP(=O)(O)O)cc2)cc1)N(CC)CC. The van der Waals surface area contributed by atoms with Crippen molar-refractivity contribution in [2.24, 2.45) is 0 Å². The van der Waals surface area contributed by atoms with Crippen molar-refractivity contribution in [3.8, 4) is 22.6 Å². The molecule has 36 heavy (non-hydrogen) atoms. The predicted octanol–water partition coefficient (Wildman–Crippen LogP) is 4.58. The predicted molar refractivity (Wildman–Crippen MR) is 147 cm³/mol. The second-order valence-electron chi connectivity index (χ2n) is 8.74. The summed E-state index contributed by atoms with van der Waals surface area (Å²) in [5, 5.41) is 0. The van der Waals surface area contributed by atoms with Gasteiger partial charge in [0.1, 0.15) is 18.1 Å². The summed E-state index contributed by atoms with van der Waals surface area (Å²) in [7, 11) is -4.56. The first-order valence-electron chi connectivity index (χ1n) is 13.0. The lowest BCUT2D eigenvalue weighted by Crippen LogP contribution is -2.48. The Labute approximate surface area is 217 Å². The average molecular weight is 522 g/mol. The van der Waals surface area contributed by atoms with Crippen LogP contribution in [0.2, 0.25) is 0 Å². The van der Waals surface area contributed by atoms with Gasteiger partial charge in [0.05, 0.1) is 6.04 Å². The molecule has 0 amide bonds. The normalized spacial score (nSPS) is 12.9. The Morgan fingerprint density at radius 3 is 1.64 bits per heavy atom. The fourth-order valence-electron chi connectivity index (χ4n) is 4.29. The molecule has 1 atom stereocenters. The maximum Gasteiger partial charge on any atom is 0.524 e. The van der Waals surface area contributed by atoms with E-state index in [1.165, 1.54) is 0 Å². The number of benzene rings is 2. The molecule has 0 heterocycles. The molecule has 0 aromatic heterocycles. The van der Waals surface area contributed by atoms with Crippen LogP contribution in [0.3, 0.4) is 0 Å². The lowest BCUT2D eigenvalue weighted by atomic mass is 10.1. The van der Waals surface area contributed by atoms with Crippen molar-refractivity contribution >= 4 is 7.82 Å². The maximum atomic E-state index is 11.0. The zero-order valence-electron chi connectivity index (χ0n) is 22.5. The fraction of sp³-hybridized carbons (Fsp3) is 0.556. The third kappa shape index (κ3) is 10.2. The summed E-state index contributed by atoms with van der Waals surface area (Å²) in [6.07, 6.45) is 0. The van der Waals surface area contributed by atoms with E-state index in [1.807, 2.05) is 24.3 Å². The molecule has 8 nitrogen and oxygen atoms in total. The Morgan fingerprint density at radius 2 is 1.19 bits per heavy atom. The van der Waals surface area contributed by atoms with Crippen molar-refractivity contribution in [3.05, 3.63) is 48.5 Å². The van der Waals surface area contributed by atoms with Gasteiger partial charge in [-0.15, -0.1) is 0 Å². The second-order valence-corrected chi connectivity index (χ2v) is 9.90. The van der Waals surface area contributed by atoms with Crippen molar-refractivity contribution in [2.45, 2.75) is 40.7 Å². The minimum absolute atomic E-state index is 0.132. The van der Waals surface area contributed by atoms with E-state index in [0.29, 0.717) is 12.6 Å². The van der Waals surface area contributed by atoms with Gasteiger partial charge in [-0.2, -0.15) is 0 Å². The molecule has 0 saturated heterocycles. The van der Waals surface area contributed by atoms with Crippen molar-refractivity contribution < 1.29 is 23.6 Å². The third-order valence-electron chi connectivity index (χ3n) is 6.58. The molecule has 0 fully saturated rings. The molecular formula is C27H44N3O5P. The van der Waals surface area contributed by atoms with E-state index in [2.05, 4.69) is 53.8 Å². The zero-order valence-corrected chi connectivity index (χ0v) is 23.4. The van der Waals surface area contributed by atoms with Crippen molar-refractivity contribution in [2.75, 3.05) is 59.0 Å². The van der Waals surface area contributed by atoms with E-state index in [-0.39, 0.29) is 5.75 Å². The van der Waals surface area contributed by atoms with Crippen LogP contribution in [0, 0.1) is 0 Å². The molecule has 0 bridgehead atoms. The number of nitrogens with zero attached hydrogens (tertiary/aromatic N) is 3. The van der Waals surface area contributed by atoms with E-state index in [4.69, 9.17) is 14.5 Å². The molecule has 2 rings (SSSR count). The maximum absolute atomic E-state index is 11.0. The third-order valence-corrected chi connectivity index (χ3v) is 7.03. The summed E-state index contributed by atoms with van der Waals surface area (Å²) in [6, 6.07) is 14.9. The van der Waals surface area contributed by atoms with E-state index < -0.39 is 7.82 Å². The molecule has 0 aliphatic carbocycles.